The Labute approximate surface area is 107 Å². The molecule has 2 heteroatoms. The van der Waals surface area contributed by atoms with Crippen molar-refractivity contribution >= 4 is 5.97 Å². The van der Waals surface area contributed by atoms with Crippen LogP contribution in [0.25, 0.3) is 11.1 Å². The zero-order valence-corrected chi connectivity index (χ0v) is 10.4. The van der Waals surface area contributed by atoms with E-state index in [0.29, 0.717) is 0 Å². The van der Waals surface area contributed by atoms with Gasteiger partial charge in [-0.05, 0) is 28.7 Å². The molecule has 0 aliphatic carbocycles. The Morgan fingerprint density at radius 2 is 1.83 bits per heavy atom. The summed E-state index contributed by atoms with van der Waals surface area (Å²) < 4.78 is 0. The second-order valence-corrected chi connectivity index (χ2v) is 4.28. The predicted molar refractivity (Wildman–Crippen MR) is 72.6 cm³/mol. The van der Waals surface area contributed by atoms with Gasteiger partial charge >= 0.3 is 5.97 Å². The largest absolute Gasteiger partial charge is 0.481 e. The van der Waals surface area contributed by atoms with Crippen molar-refractivity contribution in [2.75, 3.05) is 0 Å². The van der Waals surface area contributed by atoms with Crippen LogP contribution >= 0.6 is 0 Å². The molecule has 2 aromatic rings. The molecule has 0 unspecified atom stereocenters. The van der Waals surface area contributed by atoms with Crippen molar-refractivity contribution in [3.8, 4) is 11.1 Å². The molecule has 2 nitrogen and oxygen atoms in total. The van der Waals surface area contributed by atoms with E-state index in [1.807, 2.05) is 36.4 Å². The van der Waals surface area contributed by atoms with Crippen LogP contribution in [0.3, 0.4) is 0 Å². The number of carboxylic acids is 1. The zero-order valence-electron chi connectivity index (χ0n) is 10.4. The lowest BCUT2D eigenvalue weighted by molar-refractivity contribution is -0.136. The van der Waals surface area contributed by atoms with Gasteiger partial charge in [-0.25, -0.2) is 0 Å². The summed E-state index contributed by atoms with van der Waals surface area (Å²) in [7, 11) is 0. The van der Waals surface area contributed by atoms with E-state index in [2.05, 4.69) is 19.1 Å². The molecule has 0 heterocycles. The number of rotatable bonds is 4. The summed E-state index contributed by atoms with van der Waals surface area (Å²) in [5.41, 5.74) is 4.37. The number of benzene rings is 2. The van der Waals surface area contributed by atoms with Gasteiger partial charge in [-0.15, -0.1) is 0 Å². The Kier molecular flexibility index (Phi) is 3.78. The SMILES string of the molecule is CCc1ccc(CC(=O)O)cc1-c1ccccc1. The first-order chi connectivity index (χ1) is 8.70. The van der Waals surface area contributed by atoms with E-state index in [0.717, 1.165) is 23.1 Å². The molecule has 0 aromatic heterocycles. The van der Waals surface area contributed by atoms with Crippen molar-refractivity contribution in [1.29, 1.82) is 0 Å². The standard InChI is InChI=1S/C16H16O2/c1-2-13-9-8-12(11-16(17)18)10-15(13)14-6-4-3-5-7-14/h3-10H,2,11H2,1H3,(H,17,18). The minimum absolute atomic E-state index is 0.0732. The quantitative estimate of drug-likeness (QED) is 0.887. The van der Waals surface area contributed by atoms with Crippen LogP contribution in [0.4, 0.5) is 0 Å². The van der Waals surface area contributed by atoms with Crippen molar-refractivity contribution in [1.82, 2.24) is 0 Å². The summed E-state index contributed by atoms with van der Waals surface area (Å²) in [6.07, 6.45) is 1.02. The zero-order chi connectivity index (χ0) is 13.0. The molecule has 0 saturated heterocycles. The van der Waals surface area contributed by atoms with Crippen molar-refractivity contribution in [3.63, 3.8) is 0 Å². The molecule has 2 aromatic carbocycles. The Hall–Kier alpha value is -2.09. The van der Waals surface area contributed by atoms with Gasteiger partial charge in [-0.3, -0.25) is 4.79 Å². The van der Waals surface area contributed by atoms with Gasteiger partial charge in [-0.2, -0.15) is 0 Å². The van der Waals surface area contributed by atoms with Crippen molar-refractivity contribution in [3.05, 3.63) is 59.7 Å². The Balaban J connectivity index is 2.46. The topological polar surface area (TPSA) is 37.3 Å². The molecule has 0 bridgehead atoms. The summed E-state index contributed by atoms with van der Waals surface area (Å²) in [5, 5.41) is 8.85. The first-order valence-corrected chi connectivity index (χ1v) is 6.09. The maximum atomic E-state index is 10.8. The van der Waals surface area contributed by atoms with E-state index in [1.165, 1.54) is 5.56 Å². The highest BCUT2D eigenvalue weighted by molar-refractivity contribution is 5.73. The third-order valence-corrected chi connectivity index (χ3v) is 3.00. The van der Waals surface area contributed by atoms with Crippen LogP contribution in [-0.2, 0) is 17.6 Å². The molecule has 0 amide bonds. The Morgan fingerprint density at radius 3 is 2.44 bits per heavy atom. The van der Waals surface area contributed by atoms with Crippen LogP contribution in [0, 0.1) is 0 Å². The minimum atomic E-state index is -0.793. The maximum absolute atomic E-state index is 10.8. The molecule has 0 aliphatic rings. The fourth-order valence-electron chi connectivity index (χ4n) is 2.10. The molecular weight excluding hydrogens is 224 g/mol. The molecule has 1 N–H and O–H groups in total. The lowest BCUT2D eigenvalue weighted by Gasteiger charge is -2.10. The number of aliphatic carboxylic acids is 1. The lowest BCUT2D eigenvalue weighted by Crippen LogP contribution is -2.01. The molecule has 0 radical (unpaired) electrons. The highest BCUT2D eigenvalue weighted by Crippen LogP contribution is 2.25. The van der Waals surface area contributed by atoms with Crippen LogP contribution in [-0.4, -0.2) is 11.1 Å². The molecule has 18 heavy (non-hydrogen) atoms. The number of hydrogen-bond donors (Lipinski definition) is 1. The average molecular weight is 240 g/mol. The number of carbonyl (C=O) groups is 1. The van der Waals surface area contributed by atoms with Gasteiger partial charge in [0.05, 0.1) is 6.42 Å². The first kappa shape index (κ1) is 12.4. The summed E-state index contributed by atoms with van der Waals surface area (Å²) in [6, 6.07) is 16.0. The normalized spacial score (nSPS) is 10.3. The van der Waals surface area contributed by atoms with E-state index in [9.17, 15) is 4.79 Å². The highest BCUT2D eigenvalue weighted by Gasteiger charge is 2.07. The number of aryl methyl sites for hydroxylation is 1. The van der Waals surface area contributed by atoms with Gasteiger partial charge in [0.15, 0.2) is 0 Å². The second kappa shape index (κ2) is 5.50. The second-order valence-electron chi connectivity index (χ2n) is 4.28. The highest BCUT2D eigenvalue weighted by atomic mass is 16.4. The van der Waals surface area contributed by atoms with E-state index >= 15 is 0 Å². The van der Waals surface area contributed by atoms with E-state index < -0.39 is 5.97 Å². The molecule has 2 rings (SSSR count). The molecule has 0 fully saturated rings. The van der Waals surface area contributed by atoms with Crippen molar-refractivity contribution in [2.45, 2.75) is 19.8 Å². The summed E-state index contributed by atoms with van der Waals surface area (Å²) in [5.74, 6) is -0.793. The lowest BCUT2D eigenvalue weighted by atomic mass is 9.95. The van der Waals surface area contributed by atoms with Gasteiger partial charge in [0.1, 0.15) is 0 Å². The molecule has 0 spiro atoms. The van der Waals surface area contributed by atoms with Gasteiger partial charge < -0.3 is 5.11 Å². The fourth-order valence-corrected chi connectivity index (χ4v) is 2.10. The van der Waals surface area contributed by atoms with E-state index in [4.69, 9.17) is 5.11 Å². The molecule has 0 atom stereocenters. The van der Waals surface area contributed by atoms with Crippen LogP contribution in [0.5, 0.6) is 0 Å². The van der Waals surface area contributed by atoms with Gasteiger partial charge in [0, 0.05) is 0 Å². The summed E-state index contributed by atoms with van der Waals surface area (Å²) >= 11 is 0. The Bertz CT molecular complexity index is 544. The molecular formula is C16H16O2. The van der Waals surface area contributed by atoms with E-state index in [-0.39, 0.29) is 6.42 Å². The molecule has 0 aliphatic heterocycles. The first-order valence-electron chi connectivity index (χ1n) is 6.09. The maximum Gasteiger partial charge on any atom is 0.307 e. The van der Waals surface area contributed by atoms with Crippen LogP contribution in [0.1, 0.15) is 18.1 Å². The summed E-state index contributed by atoms with van der Waals surface area (Å²) in [6.45, 7) is 2.11. The molecule has 92 valence electrons. The number of carboxylic acid groups (broad SMARTS) is 1. The van der Waals surface area contributed by atoms with E-state index in [1.54, 1.807) is 0 Å². The number of hydrogen-bond acceptors (Lipinski definition) is 1. The Morgan fingerprint density at radius 1 is 1.11 bits per heavy atom. The predicted octanol–water partition coefficient (Wildman–Crippen LogP) is 3.54. The van der Waals surface area contributed by atoms with Gasteiger partial charge in [0.2, 0.25) is 0 Å². The van der Waals surface area contributed by atoms with Gasteiger partial charge in [-0.1, -0.05) is 55.5 Å². The summed E-state index contributed by atoms with van der Waals surface area (Å²) in [4.78, 5) is 10.8. The van der Waals surface area contributed by atoms with Crippen LogP contribution < -0.4 is 0 Å². The van der Waals surface area contributed by atoms with Crippen molar-refractivity contribution in [2.24, 2.45) is 0 Å². The minimum Gasteiger partial charge on any atom is -0.481 e. The van der Waals surface area contributed by atoms with Crippen LogP contribution in [0.2, 0.25) is 0 Å². The third-order valence-electron chi connectivity index (χ3n) is 3.00. The van der Waals surface area contributed by atoms with Crippen molar-refractivity contribution < 1.29 is 9.90 Å². The average Bonchev–Trinajstić information content (AvgIpc) is 2.39. The molecule has 0 saturated carbocycles. The monoisotopic (exact) mass is 240 g/mol. The third kappa shape index (κ3) is 2.77. The smallest absolute Gasteiger partial charge is 0.307 e. The van der Waals surface area contributed by atoms with Gasteiger partial charge in [0.25, 0.3) is 0 Å². The fraction of sp³-hybridized carbons (Fsp3) is 0.188. The van der Waals surface area contributed by atoms with Crippen LogP contribution in [0.15, 0.2) is 48.5 Å².